The maximum atomic E-state index is 12.2. The van der Waals surface area contributed by atoms with Crippen molar-refractivity contribution >= 4 is 35.5 Å². The van der Waals surface area contributed by atoms with Crippen molar-refractivity contribution in [3.8, 4) is 5.75 Å². The Bertz CT molecular complexity index is 1230. The van der Waals surface area contributed by atoms with Crippen LogP contribution in [-0.4, -0.2) is 61.5 Å². The molecule has 1 heterocycles. The fraction of sp³-hybridized carbons (Fsp3) is 0.467. The van der Waals surface area contributed by atoms with Gasteiger partial charge >= 0.3 is 23.9 Å². The van der Waals surface area contributed by atoms with E-state index in [4.69, 9.17) is 40.0 Å². The van der Waals surface area contributed by atoms with Gasteiger partial charge in [-0.1, -0.05) is 35.9 Å². The summed E-state index contributed by atoms with van der Waals surface area (Å²) in [5.41, 5.74) is 2.36. The molecule has 2 aromatic carbocycles. The average Bonchev–Trinajstić information content (AvgIpc) is 2.88. The highest BCUT2D eigenvalue weighted by Gasteiger charge is 2.52. The lowest BCUT2D eigenvalue weighted by Crippen LogP contribution is -2.58. The van der Waals surface area contributed by atoms with Crippen molar-refractivity contribution in [2.24, 2.45) is 0 Å². The molecule has 2 aromatic rings. The molecule has 0 bridgehead atoms. The van der Waals surface area contributed by atoms with E-state index in [1.807, 2.05) is 37.3 Å². The van der Waals surface area contributed by atoms with E-state index >= 15 is 0 Å². The Balaban J connectivity index is 2.02. The molecule has 0 radical (unpaired) electrons. The molecule has 1 aliphatic heterocycles. The molecule has 1 aliphatic rings. The molecular weight excluding hydrogens is 556 g/mol. The van der Waals surface area contributed by atoms with Crippen LogP contribution in [0.2, 0.25) is 5.02 Å². The molecule has 10 nitrogen and oxygen atoms in total. The summed E-state index contributed by atoms with van der Waals surface area (Å²) in [5.74, 6) is -1.71. The van der Waals surface area contributed by atoms with Gasteiger partial charge < -0.3 is 28.4 Å². The highest BCUT2D eigenvalue weighted by Crippen LogP contribution is 2.39. The standard InChI is InChI=1S/C30H35ClO10/c1-6-36-24-10-7-21(8-11-24)15-23-16-22(9-12-25(23)31)27-29(39-19(4)34)30(40-20(5)35)28(38-18(3)33)26(41-27)13-14-37-17(2)32/h7-12,16,26-30H,6,13-15H2,1-5H3/t26-,27+,28-,29+,30-/m1/s1. The van der Waals surface area contributed by atoms with Crippen LogP contribution >= 0.6 is 11.6 Å². The van der Waals surface area contributed by atoms with Crippen molar-refractivity contribution in [3.05, 3.63) is 64.2 Å². The number of benzene rings is 2. The molecule has 0 amide bonds. The fourth-order valence-electron chi connectivity index (χ4n) is 4.71. The molecule has 222 valence electrons. The number of hydrogen-bond donors (Lipinski definition) is 0. The molecule has 0 N–H and O–H groups in total. The summed E-state index contributed by atoms with van der Waals surface area (Å²) in [6, 6.07) is 12.9. The smallest absolute Gasteiger partial charge is 0.303 e. The average molecular weight is 591 g/mol. The van der Waals surface area contributed by atoms with E-state index < -0.39 is 54.4 Å². The van der Waals surface area contributed by atoms with Crippen LogP contribution in [0.4, 0.5) is 0 Å². The summed E-state index contributed by atoms with van der Waals surface area (Å²) in [7, 11) is 0. The number of halogens is 1. The molecule has 0 spiro atoms. The zero-order valence-corrected chi connectivity index (χ0v) is 24.5. The van der Waals surface area contributed by atoms with E-state index in [-0.39, 0.29) is 13.0 Å². The SMILES string of the molecule is CCOc1ccc(Cc2cc([C@@H]3O[C@H](CCOC(C)=O)[C@@H](OC(C)=O)[C@@H](OC(C)=O)[C@H]3OC(C)=O)ccc2Cl)cc1. The molecule has 0 aliphatic carbocycles. The van der Waals surface area contributed by atoms with Crippen LogP contribution in [0.5, 0.6) is 5.75 Å². The number of rotatable bonds is 11. The fourth-order valence-corrected chi connectivity index (χ4v) is 4.90. The first kappa shape index (κ1) is 31.9. The summed E-state index contributed by atoms with van der Waals surface area (Å²) in [6.07, 6.45) is -4.70. The van der Waals surface area contributed by atoms with Gasteiger partial charge in [-0.2, -0.15) is 0 Å². The summed E-state index contributed by atoms with van der Waals surface area (Å²) in [4.78, 5) is 47.8. The van der Waals surface area contributed by atoms with Crippen LogP contribution in [0.3, 0.4) is 0 Å². The van der Waals surface area contributed by atoms with Crippen LogP contribution in [0.1, 0.15) is 63.8 Å². The minimum Gasteiger partial charge on any atom is -0.494 e. The van der Waals surface area contributed by atoms with E-state index in [1.54, 1.807) is 12.1 Å². The van der Waals surface area contributed by atoms with Crippen LogP contribution in [0, 0.1) is 0 Å². The topological polar surface area (TPSA) is 124 Å². The molecule has 0 saturated carbocycles. The van der Waals surface area contributed by atoms with Crippen LogP contribution < -0.4 is 4.74 Å². The Kier molecular flexibility index (Phi) is 11.5. The minimum atomic E-state index is -1.20. The predicted molar refractivity (Wildman–Crippen MR) is 147 cm³/mol. The molecule has 5 atom stereocenters. The van der Waals surface area contributed by atoms with Crippen molar-refractivity contribution in [1.29, 1.82) is 0 Å². The molecular formula is C30H35ClO10. The van der Waals surface area contributed by atoms with Gasteiger partial charge in [-0.15, -0.1) is 0 Å². The van der Waals surface area contributed by atoms with Crippen molar-refractivity contribution < 1.29 is 47.6 Å². The monoisotopic (exact) mass is 590 g/mol. The second kappa shape index (κ2) is 14.8. The number of esters is 4. The lowest BCUT2D eigenvalue weighted by atomic mass is 9.88. The number of carbonyl (C=O) groups excluding carboxylic acids is 4. The number of ether oxygens (including phenoxy) is 6. The highest BCUT2D eigenvalue weighted by atomic mass is 35.5. The molecule has 0 unspecified atom stereocenters. The maximum Gasteiger partial charge on any atom is 0.303 e. The second-order valence-electron chi connectivity index (χ2n) is 9.55. The first-order valence-electron chi connectivity index (χ1n) is 13.3. The number of hydrogen-bond acceptors (Lipinski definition) is 10. The predicted octanol–water partition coefficient (Wildman–Crippen LogP) is 4.52. The maximum absolute atomic E-state index is 12.2. The molecule has 0 aromatic heterocycles. The van der Waals surface area contributed by atoms with Crippen molar-refractivity contribution in [2.75, 3.05) is 13.2 Å². The third kappa shape index (κ3) is 9.19. The van der Waals surface area contributed by atoms with Gasteiger partial charge in [-0.05, 0) is 48.2 Å². The van der Waals surface area contributed by atoms with Crippen LogP contribution in [-0.2, 0) is 49.3 Å². The molecule has 1 fully saturated rings. The van der Waals surface area contributed by atoms with Crippen molar-refractivity contribution in [2.45, 2.75) is 78.0 Å². The molecule has 41 heavy (non-hydrogen) atoms. The molecule has 11 heteroatoms. The highest BCUT2D eigenvalue weighted by molar-refractivity contribution is 6.31. The summed E-state index contributed by atoms with van der Waals surface area (Å²) in [5, 5.41) is 0.517. The van der Waals surface area contributed by atoms with Gasteiger partial charge in [0.05, 0.1) is 13.2 Å². The summed E-state index contributed by atoms with van der Waals surface area (Å²) >= 11 is 6.57. The lowest BCUT2D eigenvalue weighted by Gasteiger charge is -2.45. The second-order valence-corrected chi connectivity index (χ2v) is 9.96. The van der Waals surface area contributed by atoms with Crippen LogP contribution in [0.25, 0.3) is 0 Å². The Morgan fingerprint density at radius 3 is 2.00 bits per heavy atom. The van der Waals surface area contributed by atoms with E-state index in [1.165, 1.54) is 27.7 Å². The summed E-state index contributed by atoms with van der Waals surface area (Å²) < 4.78 is 33.7. The molecule has 3 rings (SSSR count). The Morgan fingerprint density at radius 1 is 0.805 bits per heavy atom. The first-order chi connectivity index (χ1) is 19.5. The Hall–Kier alpha value is -3.63. The van der Waals surface area contributed by atoms with E-state index in [2.05, 4.69) is 0 Å². The zero-order valence-electron chi connectivity index (χ0n) is 23.7. The van der Waals surface area contributed by atoms with Gasteiger partial charge in [0.15, 0.2) is 18.3 Å². The third-order valence-corrected chi connectivity index (χ3v) is 6.64. The normalized spacial score (nSPS) is 21.9. The van der Waals surface area contributed by atoms with Crippen molar-refractivity contribution in [3.63, 3.8) is 0 Å². The van der Waals surface area contributed by atoms with E-state index in [9.17, 15) is 19.2 Å². The van der Waals surface area contributed by atoms with Crippen LogP contribution in [0.15, 0.2) is 42.5 Å². The lowest BCUT2D eigenvalue weighted by molar-refractivity contribution is -0.250. The van der Waals surface area contributed by atoms with Gasteiger partial charge in [-0.25, -0.2) is 0 Å². The van der Waals surface area contributed by atoms with Gasteiger partial charge in [0, 0.05) is 39.1 Å². The third-order valence-electron chi connectivity index (χ3n) is 6.27. The Labute approximate surface area is 244 Å². The van der Waals surface area contributed by atoms with E-state index in [0.717, 1.165) is 16.9 Å². The Morgan fingerprint density at radius 2 is 1.41 bits per heavy atom. The summed E-state index contributed by atoms with van der Waals surface area (Å²) in [6.45, 7) is 7.32. The largest absolute Gasteiger partial charge is 0.494 e. The van der Waals surface area contributed by atoms with Gasteiger partial charge in [0.2, 0.25) is 0 Å². The van der Waals surface area contributed by atoms with Gasteiger partial charge in [0.25, 0.3) is 0 Å². The number of carbonyl (C=O) groups is 4. The van der Waals surface area contributed by atoms with Gasteiger partial charge in [-0.3, -0.25) is 19.2 Å². The van der Waals surface area contributed by atoms with Gasteiger partial charge in [0.1, 0.15) is 18.0 Å². The first-order valence-corrected chi connectivity index (χ1v) is 13.7. The molecule has 1 saturated heterocycles. The quantitative estimate of drug-likeness (QED) is 0.272. The minimum absolute atomic E-state index is 0.0425. The zero-order chi connectivity index (χ0) is 30.1. The van der Waals surface area contributed by atoms with E-state index in [0.29, 0.717) is 23.6 Å². The van der Waals surface area contributed by atoms with Crippen molar-refractivity contribution in [1.82, 2.24) is 0 Å².